The first kappa shape index (κ1) is 21.1. The largest absolute Gasteiger partial charge is 0.478 e. The summed E-state index contributed by atoms with van der Waals surface area (Å²) < 4.78 is 5.53. The van der Waals surface area contributed by atoms with Crippen LogP contribution in [-0.4, -0.2) is 22.6 Å². The monoisotopic (exact) mass is 403 g/mol. The molecule has 3 rings (SSSR count). The van der Waals surface area contributed by atoms with Gasteiger partial charge in [0.2, 0.25) is 0 Å². The fourth-order valence-corrected chi connectivity index (χ4v) is 2.95. The minimum Gasteiger partial charge on any atom is -0.478 e. The van der Waals surface area contributed by atoms with E-state index >= 15 is 0 Å². The first-order valence-corrected chi connectivity index (χ1v) is 9.80. The smallest absolute Gasteiger partial charge is 0.347 e. The van der Waals surface area contributed by atoms with E-state index < -0.39 is 11.6 Å². The first-order valence-electron chi connectivity index (χ1n) is 9.80. The van der Waals surface area contributed by atoms with Gasteiger partial charge in [0.1, 0.15) is 5.75 Å². The second-order valence-electron chi connectivity index (χ2n) is 7.58. The van der Waals surface area contributed by atoms with Crippen molar-refractivity contribution >= 4 is 17.6 Å². The van der Waals surface area contributed by atoms with Crippen molar-refractivity contribution in [1.82, 2.24) is 0 Å². The summed E-state index contributed by atoms with van der Waals surface area (Å²) in [5.41, 5.74) is 2.35. The van der Waals surface area contributed by atoms with Crippen LogP contribution in [0.1, 0.15) is 35.3 Å². The molecule has 2 N–H and O–H groups in total. The summed E-state index contributed by atoms with van der Waals surface area (Å²) in [5.74, 6) is -0.616. The molecule has 0 aromatic heterocycles. The van der Waals surface area contributed by atoms with Crippen LogP contribution in [-0.2, 0) is 17.6 Å². The van der Waals surface area contributed by atoms with Crippen LogP contribution in [0.5, 0.6) is 5.75 Å². The number of carboxylic acids is 1. The van der Waals surface area contributed by atoms with Gasteiger partial charge >= 0.3 is 5.97 Å². The average Bonchev–Trinajstić information content (AvgIpc) is 2.74. The number of aryl methyl sites for hydroxylation is 2. The lowest BCUT2D eigenvalue weighted by molar-refractivity contribution is -0.152. The molecule has 0 aliphatic heterocycles. The number of hydrogen-bond donors (Lipinski definition) is 2. The molecule has 154 valence electrons. The van der Waals surface area contributed by atoms with Crippen LogP contribution in [0.15, 0.2) is 78.9 Å². The van der Waals surface area contributed by atoms with Crippen LogP contribution >= 0.6 is 0 Å². The highest BCUT2D eigenvalue weighted by atomic mass is 16.5. The van der Waals surface area contributed by atoms with Crippen LogP contribution in [0, 0.1) is 0 Å². The van der Waals surface area contributed by atoms with Gasteiger partial charge in [-0.25, -0.2) is 4.79 Å². The summed E-state index contributed by atoms with van der Waals surface area (Å²) in [6.07, 6.45) is 1.63. The lowest BCUT2D eigenvalue weighted by Gasteiger charge is -2.21. The van der Waals surface area contributed by atoms with E-state index in [1.807, 2.05) is 54.6 Å². The van der Waals surface area contributed by atoms with Crippen LogP contribution in [0.2, 0.25) is 0 Å². The van der Waals surface area contributed by atoms with Gasteiger partial charge in [-0.15, -0.1) is 0 Å². The number of benzene rings is 3. The number of rotatable bonds is 8. The maximum absolute atomic E-state index is 12.3. The lowest BCUT2D eigenvalue weighted by atomic mass is 10.0. The maximum atomic E-state index is 12.3. The van der Waals surface area contributed by atoms with E-state index in [9.17, 15) is 9.59 Å². The van der Waals surface area contributed by atoms with Gasteiger partial charge in [0.15, 0.2) is 5.60 Å². The highest BCUT2D eigenvalue weighted by molar-refractivity contribution is 6.04. The van der Waals surface area contributed by atoms with E-state index in [-0.39, 0.29) is 5.91 Å². The van der Waals surface area contributed by atoms with Crippen molar-refractivity contribution in [3.05, 3.63) is 95.6 Å². The molecule has 0 saturated carbocycles. The molecular weight excluding hydrogens is 378 g/mol. The van der Waals surface area contributed by atoms with Crippen molar-refractivity contribution in [2.45, 2.75) is 32.3 Å². The van der Waals surface area contributed by atoms with Crippen molar-refractivity contribution in [3.8, 4) is 5.75 Å². The Morgan fingerprint density at radius 1 is 0.867 bits per heavy atom. The third-order valence-corrected chi connectivity index (χ3v) is 4.73. The molecule has 0 fully saturated rings. The predicted octanol–water partition coefficient (Wildman–Crippen LogP) is 4.97. The zero-order chi connectivity index (χ0) is 21.6. The molecule has 0 aliphatic rings. The van der Waals surface area contributed by atoms with Gasteiger partial charge in [-0.2, -0.15) is 0 Å². The number of aliphatic carboxylic acids is 1. The number of amides is 1. The summed E-state index contributed by atoms with van der Waals surface area (Å²) in [6, 6.07) is 24.4. The number of anilines is 1. The van der Waals surface area contributed by atoms with Crippen molar-refractivity contribution in [2.75, 3.05) is 5.32 Å². The molecule has 0 heterocycles. The molecule has 0 spiro atoms. The molecule has 5 nitrogen and oxygen atoms in total. The standard InChI is InChI=1S/C25H25NO4/c1-25(2,24(28)29)30-22-15-13-18(14-16-22)11-12-19-7-6-10-21(17-19)26-23(27)20-8-4-3-5-9-20/h3-10,13-17H,11-12H2,1-2H3,(H,26,27)(H,28,29). The van der Waals surface area contributed by atoms with Crippen LogP contribution in [0.25, 0.3) is 0 Å². The quantitative estimate of drug-likeness (QED) is 0.557. The fourth-order valence-electron chi connectivity index (χ4n) is 2.95. The summed E-state index contributed by atoms with van der Waals surface area (Å²) >= 11 is 0. The third-order valence-electron chi connectivity index (χ3n) is 4.73. The highest BCUT2D eigenvalue weighted by Crippen LogP contribution is 2.20. The Balaban J connectivity index is 1.58. The van der Waals surface area contributed by atoms with E-state index in [1.54, 1.807) is 24.3 Å². The molecule has 1 amide bonds. The first-order chi connectivity index (χ1) is 14.3. The van der Waals surface area contributed by atoms with Gasteiger partial charge in [0.25, 0.3) is 5.91 Å². The summed E-state index contributed by atoms with van der Waals surface area (Å²) in [7, 11) is 0. The molecule has 30 heavy (non-hydrogen) atoms. The Kier molecular flexibility index (Phi) is 6.52. The molecule has 0 bridgehead atoms. The molecular formula is C25H25NO4. The van der Waals surface area contributed by atoms with Gasteiger partial charge in [-0.3, -0.25) is 4.79 Å². The van der Waals surface area contributed by atoms with Crippen molar-refractivity contribution < 1.29 is 19.4 Å². The minimum atomic E-state index is -1.27. The van der Waals surface area contributed by atoms with Gasteiger partial charge in [-0.1, -0.05) is 42.5 Å². The lowest BCUT2D eigenvalue weighted by Crippen LogP contribution is -2.37. The van der Waals surface area contributed by atoms with Gasteiger partial charge < -0.3 is 15.2 Å². The fraction of sp³-hybridized carbons (Fsp3) is 0.200. The van der Waals surface area contributed by atoms with E-state index in [4.69, 9.17) is 9.84 Å². The molecule has 0 atom stereocenters. The van der Waals surface area contributed by atoms with Gasteiger partial charge in [0, 0.05) is 11.3 Å². The second-order valence-corrected chi connectivity index (χ2v) is 7.58. The van der Waals surface area contributed by atoms with E-state index in [0.29, 0.717) is 11.3 Å². The number of nitrogens with one attached hydrogen (secondary N) is 1. The van der Waals surface area contributed by atoms with E-state index in [0.717, 1.165) is 29.7 Å². The van der Waals surface area contributed by atoms with Crippen molar-refractivity contribution in [3.63, 3.8) is 0 Å². The van der Waals surface area contributed by atoms with Gasteiger partial charge in [0.05, 0.1) is 0 Å². The molecule has 3 aromatic carbocycles. The Bertz CT molecular complexity index is 1010. The summed E-state index contributed by atoms with van der Waals surface area (Å²) in [4.78, 5) is 23.5. The Morgan fingerprint density at radius 2 is 1.53 bits per heavy atom. The molecule has 0 saturated heterocycles. The van der Waals surface area contributed by atoms with E-state index in [1.165, 1.54) is 13.8 Å². The number of carbonyl (C=O) groups is 2. The Labute approximate surface area is 176 Å². The van der Waals surface area contributed by atoms with E-state index in [2.05, 4.69) is 5.32 Å². The normalized spacial score (nSPS) is 11.0. The zero-order valence-corrected chi connectivity index (χ0v) is 17.1. The molecule has 3 aromatic rings. The Hall–Kier alpha value is -3.60. The van der Waals surface area contributed by atoms with Crippen LogP contribution in [0.3, 0.4) is 0 Å². The van der Waals surface area contributed by atoms with Crippen LogP contribution < -0.4 is 10.1 Å². The minimum absolute atomic E-state index is 0.132. The topological polar surface area (TPSA) is 75.6 Å². The Morgan fingerprint density at radius 3 is 2.20 bits per heavy atom. The SMILES string of the molecule is CC(C)(Oc1ccc(CCc2cccc(NC(=O)c3ccccc3)c2)cc1)C(=O)O. The average molecular weight is 403 g/mol. The molecule has 0 unspecified atom stereocenters. The summed E-state index contributed by atoms with van der Waals surface area (Å²) in [6.45, 7) is 3.04. The maximum Gasteiger partial charge on any atom is 0.347 e. The second kappa shape index (κ2) is 9.27. The zero-order valence-electron chi connectivity index (χ0n) is 17.1. The number of carbonyl (C=O) groups excluding carboxylic acids is 1. The summed E-state index contributed by atoms with van der Waals surface area (Å²) in [5, 5.41) is 12.1. The molecule has 5 heteroatoms. The van der Waals surface area contributed by atoms with Crippen LogP contribution in [0.4, 0.5) is 5.69 Å². The number of hydrogen-bond acceptors (Lipinski definition) is 3. The molecule has 0 aliphatic carbocycles. The predicted molar refractivity (Wildman–Crippen MR) is 117 cm³/mol. The number of carboxylic acid groups (broad SMARTS) is 1. The number of ether oxygens (including phenoxy) is 1. The molecule has 0 radical (unpaired) electrons. The highest BCUT2D eigenvalue weighted by Gasteiger charge is 2.29. The third kappa shape index (κ3) is 5.70. The van der Waals surface area contributed by atoms with Crippen molar-refractivity contribution in [1.29, 1.82) is 0 Å². The van der Waals surface area contributed by atoms with Gasteiger partial charge in [-0.05, 0) is 74.2 Å². The van der Waals surface area contributed by atoms with Crippen molar-refractivity contribution in [2.24, 2.45) is 0 Å².